The van der Waals surface area contributed by atoms with Crippen LogP contribution in [0.5, 0.6) is 0 Å². The highest BCUT2D eigenvalue weighted by Gasteiger charge is 2.67. The Bertz CT molecular complexity index is 667. The summed E-state index contributed by atoms with van der Waals surface area (Å²) in [5, 5.41) is 0. The van der Waals surface area contributed by atoms with Crippen LogP contribution in [-0.2, 0) is 14.3 Å². The van der Waals surface area contributed by atoms with Gasteiger partial charge in [-0.1, -0.05) is 29.8 Å². The maximum absolute atomic E-state index is 12.8. The van der Waals surface area contributed by atoms with Gasteiger partial charge in [-0.2, -0.15) is 0 Å². The van der Waals surface area contributed by atoms with Gasteiger partial charge in [0.2, 0.25) is 11.8 Å². The van der Waals surface area contributed by atoms with Gasteiger partial charge in [0.05, 0.1) is 23.6 Å². The highest BCUT2D eigenvalue weighted by atomic mass is 16.5. The minimum atomic E-state index is -0.804. The number of rotatable bonds is 2. The molecule has 3 aliphatic heterocycles. The summed E-state index contributed by atoms with van der Waals surface area (Å²) in [5.74, 6) is -1.32. The molecule has 4 unspecified atom stereocenters. The molecule has 0 radical (unpaired) electrons. The van der Waals surface area contributed by atoms with Crippen molar-refractivity contribution in [3.63, 3.8) is 0 Å². The molecular formula is C16H16N2O3. The lowest BCUT2D eigenvalue weighted by molar-refractivity contribution is -0.126. The van der Waals surface area contributed by atoms with Crippen molar-refractivity contribution in [1.82, 2.24) is 0 Å². The van der Waals surface area contributed by atoms with Gasteiger partial charge < -0.3 is 10.5 Å². The van der Waals surface area contributed by atoms with Crippen LogP contribution >= 0.6 is 0 Å². The van der Waals surface area contributed by atoms with E-state index in [1.54, 1.807) is 12.1 Å². The lowest BCUT2D eigenvalue weighted by Crippen LogP contribution is -2.45. The average molecular weight is 284 g/mol. The van der Waals surface area contributed by atoms with Crippen LogP contribution in [0.15, 0.2) is 36.4 Å². The number of benzene rings is 1. The molecule has 1 aromatic rings. The molecule has 4 atom stereocenters. The van der Waals surface area contributed by atoms with Crippen molar-refractivity contribution in [3.05, 3.63) is 42.0 Å². The van der Waals surface area contributed by atoms with Crippen LogP contribution in [0.3, 0.4) is 0 Å². The summed E-state index contributed by atoms with van der Waals surface area (Å²) in [6.45, 7) is 2.18. The van der Waals surface area contributed by atoms with Gasteiger partial charge >= 0.3 is 0 Å². The summed E-state index contributed by atoms with van der Waals surface area (Å²) in [4.78, 5) is 26.7. The second-order valence-electron chi connectivity index (χ2n) is 5.95. The SMILES string of the molecule is Cc1ccc(N2C(=O)C3C4C=CC(CN)(O4)C3C2=O)cc1. The van der Waals surface area contributed by atoms with E-state index in [0.717, 1.165) is 5.56 Å². The lowest BCUT2D eigenvalue weighted by atomic mass is 9.77. The van der Waals surface area contributed by atoms with E-state index in [2.05, 4.69) is 0 Å². The highest BCUT2D eigenvalue weighted by Crippen LogP contribution is 2.51. The summed E-state index contributed by atoms with van der Waals surface area (Å²) >= 11 is 0. The number of amides is 2. The van der Waals surface area contributed by atoms with Gasteiger partial charge in [0, 0.05) is 6.54 Å². The molecule has 0 saturated carbocycles. The minimum Gasteiger partial charge on any atom is -0.361 e. The Morgan fingerprint density at radius 3 is 2.62 bits per heavy atom. The van der Waals surface area contributed by atoms with E-state index < -0.39 is 17.4 Å². The van der Waals surface area contributed by atoms with Crippen molar-refractivity contribution in [2.24, 2.45) is 17.6 Å². The predicted octanol–water partition coefficient (Wildman–Crippen LogP) is 0.767. The van der Waals surface area contributed by atoms with E-state index >= 15 is 0 Å². The summed E-state index contributed by atoms with van der Waals surface area (Å²) in [7, 11) is 0. The van der Waals surface area contributed by atoms with Crippen LogP contribution in [-0.4, -0.2) is 30.1 Å². The van der Waals surface area contributed by atoms with E-state index in [9.17, 15) is 9.59 Å². The zero-order valence-corrected chi connectivity index (χ0v) is 11.7. The summed E-state index contributed by atoms with van der Waals surface area (Å²) in [5.41, 5.74) is 6.72. The first-order chi connectivity index (χ1) is 10.1. The third kappa shape index (κ3) is 1.47. The number of imide groups is 1. The van der Waals surface area contributed by atoms with E-state index in [1.165, 1.54) is 4.90 Å². The monoisotopic (exact) mass is 284 g/mol. The fraction of sp³-hybridized carbons (Fsp3) is 0.375. The zero-order valence-electron chi connectivity index (χ0n) is 11.7. The van der Waals surface area contributed by atoms with Crippen molar-refractivity contribution in [2.75, 3.05) is 11.4 Å². The number of carbonyl (C=O) groups is 2. The number of aryl methyl sites for hydroxylation is 1. The maximum atomic E-state index is 12.8. The normalized spacial score (nSPS) is 36.7. The van der Waals surface area contributed by atoms with Gasteiger partial charge in [-0.15, -0.1) is 0 Å². The van der Waals surface area contributed by atoms with Gasteiger partial charge in [0.1, 0.15) is 5.60 Å². The Hall–Kier alpha value is -1.98. The second kappa shape index (κ2) is 4.02. The number of ether oxygens (including phenoxy) is 1. The standard InChI is InChI=1S/C16H16N2O3/c1-9-2-4-10(5-3-9)18-14(19)12-11-6-7-16(8-17,21-11)13(12)15(18)20/h2-7,11-13H,8,17H2,1H3. The highest BCUT2D eigenvalue weighted by molar-refractivity contribution is 6.23. The number of carbonyl (C=O) groups excluding carboxylic acids is 2. The molecule has 4 rings (SSSR count). The Balaban J connectivity index is 1.77. The lowest BCUT2D eigenvalue weighted by Gasteiger charge is -2.27. The van der Waals surface area contributed by atoms with Gasteiger partial charge in [0.25, 0.3) is 0 Å². The molecule has 3 aliphatic rings. The van der Waals surface area contributed by atoms with E-state index in [1.807, 2.05) is 31.2 Å². The molecule has 2 fully saturated rings. The van der Waals surface area contributed by atoms with Crippen LogP contribution in [0.2, 0.25) is 0 Å². The number of anilines is 1. The van der Waals surface area contributed by atoms with Gasteiger partial charge in [-0.05, 0) is 19.1 Å². The minimum absolute atomic E-state index is 0.182. The smallest absolute Gasteiger partial charge is 0.241 e. The first-order valence-corrected chi connectivity index (χ1v) is 7.09. The number of nitrogens with two attached hydrogens (primary N) is 1. The van der Waals surface area contributed by atoms with Crippen LogP contribution < -0.4 is 10.6 Å². The quantitative estimate of drug-likeness (QED) is 0.643. The van der Waals surface area contributed by atoms with Gasteiger partial charge in [-0.25, -0.2) is 4.90 Å². The van der Waals surface area contributed by atoms with E-state index in [-0.39, 0.29) is 24.5 Å². The van der Waals surface area contributed by atoms with Gasteiger partial charge in [-0.3, -0.25) is 9.59 Å². The second-order valence-corrected chi connectivity index (χ2v) is 5.95. The molecule has 3 heterocycles. The van der Waals surface area contributed by atoms with Crippen molar-refractivity contribution < 1.29 is 14.3 Å². The first kappa shape index (κ1) is 12.7. The van der Waals surface area contributed by atoms with Crippen LogP contribution in [0, 0.1) is 18.8 Å². The third-order valence-corrected chi connectivity index (χ3v) is 4.77. The Morgan fingerprint density at radius 2 is 1.95 bits per heavy atom. The first-order valence-electron chi connectivity index (χ1n) is 7.09. The molecule has 2 amide bonds. The molecule has 1 aromatic carbocycles. The predicted molar refractivity (Wildman–Crippen MR) is 76.5 cm³/mol. The molecule has 0 aromatic heterocycles. The van der Waals surface area contributed by atoms with Crippen molar-refractivity contribution in [2.45, 2.75) is 18.6 Å². The maximum Gasteiger partial charge on any atom is 0.241 e. The number of fused-ring (bicyclic) bond motifs is 5. The molecule has 108 valence electrons. The summed E-state index contributed by atoms with van der Waals surface area (Å²) < 4.78 is 5.82. The van der Waals surface area contributed by atoms with E-state index in [4.69, 9.17) is 10.5 Å². The van der Waals surface area contributed by atoms with Crippen molar-refractivity contribution in [1.29, 1.82) is 0 Å². The number of nitrogens with zero attached hydrogens (tertiary/aromatic N) is 1. The molecule has 5 nitrogen and oxygen atoms in total. The molecule has 0 aliphatic carbocycles. The Labute approximate surface area is 122 Å². The Morgan fingerprint density at radius 1 is 1.24 bits per heavy atom. The number of hydrogen-bond donors (Lipinski definition) is 1. The van der Waals surface area contributed by atoms with E-state index in [0.29, 0.717) is 5.69 Å². The van der Waals surface area contributed by atoms with Gasteiger partial charge in [0.15, 0.2) is 0 Å². The number of hydrogen-bond acceptors (Lipinski definition) is 4. The molecule has 2 bridgehead atoms. The van der Waals surface area contributed by atoms with Crippen LogP contribution in [0.1, 0.15) is 5.56 Å². The molecule has 5 heteroatoms. The summed E-state index contributed by atoms with van der Waals surface area (Å²) in [6.07, 6.45) is 3.38. The molecule has 2 saturated heterocycles. The molecule has 2 N–H and O–H groups in total. The fourth-order valence-corrected chi connectivity index (χ4v) is 3.69. The fourth-order valence-electron chi connectivity index (χ4n) is 3.69. The van der Waals surface area contributed by atoms with Crippen LogP contribution in [0.4, 0.5) is 5.69 Å². The summed E-state index contributed by atoms with van der Waals surface area (Å²) in [6, 6.07) is 7.40. The topological polar surface area (TPSA) is 72.6 Å². The molecule has 21 heavy (non-hydrogen) atoms. The molecular weight excluding hydrogens is 268 g/mol. The zero-order chi connectivity index (χ0) is 14.8. The molecule has 0 spiro atoms. The average Bonchev–Trinajstić information content (AvgIpc) is 3.12. The third-order valence-electron chi connectivity index (χ3n) is 4.77. The van der Waals surface area contributed by atoms with Crippen LogP contribution in [0.25, 0.3) is 0 Å². The van der Waals surface area contributed by atoms with Crippen molar-refractivity contribution in [3.8, 4) is 0 Å². The Kier molecular flexibility index (Phi) is 2.44. The van der Waals surface area contributed by atoms with Crippen molar-refractivity contribution >= 4 is 17.5 Å². The largest absolute Gasteiger partial charge is 0.361 e.